The molecule has 8 heteroatoms. The number of benzene rings is 4. The molecule has 3 N–H and O–H groups in total. The molecule has 46 heavy (non-hydrogen) atoms. The van der Waals surface area contributed by atoms with Crippen molar-refractivity contribution in [2.45, 2.75) is 65.0 Å². The van der Waals surface area contributed by atoms with Gasteiger partial charge in [0.05, 0.1) is 16.7 Å². The van der Waals surface area contributed by atoms with E-state index >= 15 is 0 Å². The molecule has 0 saturated heterocycles. The predicted molar refractivity (Wildman–Crippen MR) is 188 cm³/mol. The van der Waals surface area contributed by atoms with Gasteiger partial charge in [-0.05, 0) is 94.1 Å². The Hall–Kier alpha value is -3.71. The Kier molecular flexibility index (Phi) is 12.8. The molecular weight excluding hydrogens is 619 g/mol. The maximum Gasteiger partial charge on any atom is 0.251 e. The van der Waals surface area contributed by atoms with Crippen LogP contribution in [0.4, 0.5) is 0 Å². The van der Waals surface area contributed by atoms with E-state index in [0.717, 1.165) is 35.4 Å². The molecule has 0 aliphatic rings. The summed E-state index contributed by atoms with van der Waals surface area (Å²) in [6.45, 7) is 10.8. The van der Waals surface area contributed by atoms with E-state index in [1.165, 1.54) is 17.7 Å². The Morgan fingerprint density at radius 2 is 1.46 bits per heavy atom. The van der Waals surface area contributed by atoms with E-state index in [2.05, 4.69) is 68.2 Å². The van der Waals surface area contributed by atoms with Crippen LogP contribution < -0.4 is 10.1 Å². The third-order valence-electron chi connectivity index (χ3n) is 8.23. The van der Waals surface area contributed by atoms with Gasteiger partial charge in [0.25, 0.3) is 5.91 Å². The van der Waals surface area contributed by atoms with E-state index in [0.29, 0.717) is 43.8 Å². The Balaban J connectivity index is 1.32. The Morgan fingerprint density at radius 1 is 0.826 bits per heavy atom. The minimum atomic E-state index is -0.315. The number of hydrogen-bond acceptors (Lipinski definition) is 5. The smallest absolute Gasteiger partial charge is 0.251 e. The van der Waals surface area contributed by atoms with Crippen LogP contribution >= 0.6 is 23.2 Å². The van der Waals surface area contributed by atoms with E-state index in [1.54, 1.807) is 0 Å². The van der Waals surface area contributed by atoms with Crippen molar-refractivity contribution in [2.24, 2.45) is 0 Å². The molecule has 4 aromatic carbocycles. The molecule has 0 radical (unpaired) electrons. The molecule has 244 valence electrons. The van der Waals surface area contributed by atoms with Gasteiger partial charge < -0.3 is 20.3 Å². The molecule has 1 atom stereocenters. The Morgan fingerprint density at radius 3 is 2.09 bits per heavy atom. The summed E-state index contributed by atoms with van der Waals surface area (Å²) in [5, 5.41) is 23.6. The zero-order chi connectivity index (χ0) is 33.2. The summed E-state index contributed by atoms with van der Waals surface area (Å²) in [6, 6.07) is 27.8. The molecule has 6 nitrogen and oxygen atoms in total. The first-order chi connectivity index (χ1) is 22.0. The van der Waals surface area contributed by atoms with E-state index in [4.69, 9.17) is 27.9 Å². The molecule has 0 saturated carbocycles. The fourth-order valence-corrected chi connectivity index (χ4v) is 6.26. The number of phenolic OH excluding ortho intramolecular Hbond substituents is 2. The summed E-state index contributed by atoms with van der Waals surface area (Å²) < 4.78 is 6.06. The molecule has 0 heterocycles. The molecule has 0 aromatic heterocycles. The van der Waals surface area contributed by atoms with Crippen molar-refractivity contribution in [2.75, 3.05) is 19.7 Å². The van der Waals surface area contributed by atoms with Gasteiger partial charge in [0, 0.05) is 42.1 Å². The first kappa shape index (κ1) is 35.1. The second kappa shape index (κ2) is 16.7. The first-order valence-corrected chi connectivity index (χ1v) is 16.6. The highest BCUT2D eigenvalue weighted by atomic mass is 35.5. The molecule has 4 aromatic rings. The third kappa shape index (κ3) is 9.65. The number of phenols is 2. The number of nitrogens with one attached hydrogen (secondary N) is 1. The highest BCUT2D eigenvalue weighted by molar-refractivity contribution is 6.37. The van der Waals surface area contributed by atoms with Crippen LogP contribution in [0.3, 0.4) is 0 Å². The zero-order valence-electron chi connectivity index (χ0n) is 27.0. The van der Waals surface area contributed by atoms with Gasteiger partial charge in [0.1, 0.15) is 11.5 Å². The minimum absolute atomic E-state index is 0.0331. The molecular formula is C38H44Cl2N2O4. The van der Waals surface area contributed by atoms with Crippen molar-refractivity contribution >= 4 is 29.1 Å². The fraction of sp³-hybridized carbons (Fsp3) is 0.342. The predicted octanol–water partition coefficient (Wildman–Crippen LogP) is 8.64. The van der Waals surface area contributed by atoms with E-state index in [9.17, 15) is 15.0 Å². The number of rotatable bonds is 15. The van der Waals surface area contributed by atoms with Crippen LogP contribution in [-0.4, -0.2) is 52.8 Å². The average Bonchev–Trinajstić information content (AvgIpc) is 3.03. The normalized spacial score (nSPS) is 12.1. The van der Waals surface area contributed by atoms with Gasteiger partial charge in [-0.1, -0.05) is 77.8 Å². The summed E-state index contributed by atoms with van der Waals surface area (Å²) in [5.74, 6) is 0.615. The van der Waals surface area contributed by atoms with Crippen molar-refractivity contribution in [3.63, 3.8) is 0 Å². The van der Waals surface area contributed by atoms with E-state index < -0.39 is 0 Å². The molecule has 0 spiro atoms. The van der Waals surface area contributed by atoms with Crippen LogP contribution in [0.5, 0.6) is 17.2 Å². The maximum atomic E-state index is 12.5. The van der Waals surface area contributed by atoms with Gasteiger partial charge in [0.2, 0.25) is 0 Å². The number of nitrogens with zero attached hydrogens (tertiary/aromatic N) is 1. The van der Waals surface area contributed by atoms with Crippen molar-refractivity contribution in [3.8, 4) is 17.2 Å². The monoisotopic (exact) mass is 662 g/mol. The van der Waals surface area contributed by atoms with Gasteiger partial charge >= 0.3 is 0 Å². The lowest BCUT2D eigenvalue weighted by atomic mass is 9.86. The molecule has 0 aliphatic heterocycles. The maximum absolute atomic E-state index is 12.5. The van der Waals surface area contributed by atoms with Gasteiger partial charge in [0.15, 0.2) is 5.75 Å². The van der Waals surface area contributed by atoms with Crippen LogP contribution in [0.1, 0.15) is 72.6 Å². The van der Waals surface area contributed by atoms with Crippen LogP contribution in [0.2, 0.25) is 10.0 Å². The second-order valence-electron chi connectivity index (χ2n) is 12.1. The SMILES string of the molecule is CC(C)N(CC[C@H](c1ccccc1)c1cc(CCOc2ccc(CCNC(=O)c3cc(Cl)c(O)c(Cl)c3)cc2)ccc1O)C(C)C. The fourth-order valence-electron chi connectivity index (χ4n) is 5.77. The van der Waals surface area contributed by atoms with Gasteiger partial charge in [-0.25, -0.2) is 0 Å². The van der Waals surface area contributed by atoms with Crippen LogP contribution in [0.25, 0.3) is 0 Å². The molecule has 0 fully saturated rings. The lowest BCUT2D eigenvalue weighted by Gasteiger charge is -2.32. The van der Waals surface area contributed by atoms with Gasteiger partial charge in [-0.2, -0.15) is 0 Å². The highest BCUT2D eigenvalue weighted by Gasteiger charge is 2.22. The lowest BCUT2D eigenvalue weighted by molar-refractivity contribution is 0.0954. The first-order valence-electron chi connectivity index (χ1n) is 15.8. The summed E-state index contributed by atoms with van der Waals surface area (Å²) in [7, 11) is 0. The number of carbonyl (C=O) groups excluding carboxylic acids is 1. The molecule has 4 rings (SSSR count). The average molecular weight is 664 g/mol. The van der Waals surface area contributed by atoms with E-state index in [-0.39, 0.29) is 33.2 Å². The number of ether oxygens (including phenoxy) is 1. The van der Waals surface area contributed by atoms with Gasteiger partial charge in [-0.15, -0.1) is 0 Å². The Labute approximate surface area is 282 Å². The Bertz CT molecular complexity index is 1540. The highest BCUT2D eigenvalue weighted by Crippen LogP contribution is 2.35. The molecule has 0 bridgehead atoms. The summed E-state index contributed by atoms with van der Waals surface area (Å²) in [5.41, 5.74) is 4.60. The van der Waals surface area contributed by atoms with Crippen LogP contribution in [0, 0.1) is 0 Å². The standard InChI is InChI=1S/C38H44Cl2N2O4/c1-25(2)42(26(3)4)20-17-32(29-8-6-5-7-9-29)33-22-28(12-15-36(33)43)18-21-46-31-13-10-27(11-14-31)16-19-41-38(45)30-23-34(39)37(44)35(40)24-30/h5-15,22-26,32,43-44H,16-21H2,1-4H3,(H,41,45)/t32-/m1/s1. The molecule has 0 aliphatic carbocycles. The number of amides is 1. The molecule has 0 unspecified atom stereocenters. The van der Waals surface area contributed by atoms with Crippen LogP contribution in [0.15, 0.2) is 84.9 Å². The number of hydrogen-bond donors (Lipinski definition) is 3. The largest absolute Gasteiger partial charge is 0.508 e. The summed E-state index contributed by atoms with van der Waals surface area (Å²) >= 11 is 11.9. The van der Waals surface area contributed by atoms with Crippen molar-refractivity contribution in [1.29, 1.82) is 0 Å². The second-order valence-corrected chi connectivity index (χ2v) is 12.9. The van der Waals surface area contributed by atoms with Crippen molar-refractivity contribution < 1.29 is 19.7 Å². The summed E-state index contributed by atoms with van der Waals surface area (Å²) in [4.78, 5) is 14.9. The van der Waals surface area contributed by atoms with E-state index in [1.807, 2.05) is 42.5 Å². The topological polar surface area (TPSA) is 82.0 Å². The van der Waals surface area contributed by atoms with Crippen LogP contribution in [-0.2, 0) is 12.8 Å². The van der Waals surface area contributed by atoms with Crippen molar-refractivity contribution in [3.05, 3.63) is 123 Å². The number of halogens is 2. The van der Waals surface area contributed by atoms with Gasteiger partial charge in [-0.3, -0.25) is 9.69 Å². The van der Waals surface area contributed by atoms with Crippen molar-refractivity contribution in [1.82, 2.24) is 10.2 Å². The number of carbonyl (C=O) groups is 1. The zero-order valence-corrected chi connectivity index (χ0v) is 28.5. The lowest BCUT2D eigenvalue weighted by Crippen LogP contribution is -2.38. The quantitative estimate of drug-likeness (QED) is 0.119. The number of aromatic hydroxyl groups is 2. The minimum Gasteiger partial charge on any atom is -0.508 e. The summed E-state index contributed by atoms with van der Waals surface area (Å²) in [6.07, 6.45) is 2.25. The third-order valence-corrected chi connectivity index (χ3v) is 8.81. The molecule has 1 amide bonds.